The number of aliphatic imine (C=N–C) groups is 2. The van der Waals surface area contributed by atoms with Crippen LogP contribution in [0.5, 0.6) is 0 Å². The van der Waals surface area contributed by atoms with E-state index >= 15 is 0 Å². The van der Waals surface area contributed by atoms with Gasteiger partial charge in [0.15, 0.2) is 5.96 Å². The molecular formula is C8H14N6O2. The molecule has 0 aromatic rings. The summed E-state index contributed by atoms with van der Waals surface area (Å²) in [4.78, 5) is 31.1. The molecule has 0 radical (unpaired) electrons. The van der Waals surface area contributed by atoms with Gasteiger partial charge >= 0.3 is 0 Å². The Morgan fingerprint density at radius 2 is 2.00 bits per heavy atom. The number of hydrogen-bond acceptors (Lipinski definition) is 3. The summed E-state index contributed by atoms with van der Waals surface area (Å²) in [5.41, 5.74) is 15.6. The fourth-order valence-electron chi connectivity index (χ4n) is 1.34. The second kappa shape index (κ2) is 4.60. The number of guanidine groups is 2. The van der Waals surface area contributed by atoms with E-state index in [0.717, 1.165) is 4.90 Å². The van der Waals surface area contributed by atoms with E-state index in [4.69, 9.17) is 17.2 Å². The van der Waals surface area contributed by atoms with Crippen molar-refractivity contribution in [3.63, 3.8) is 0 Å². The topological polar surface area (TPSA) is 140 Å². The zero-order chi connectivity index (χ0) is 12.3. The highest BCUT2D eigenvalue weighted by molar-refractivity contribution is 6.01. The molecule has 0 aromatic heterocycles. The summed E-state index contributed by atoms with van der Waals surface area (Å²) in [6, 6.07) is -0.689. The highest BCUT2D eigenvalue weighted by Crippen LogP contribution is 2.14. The first kappa shape index (κ1) is 12.0. The Balaban J connectivity index is 2.79. The van der Waals surface area contributed by atoms with Gasteiger partial charge in [-0.15, -0.1) is 0 Å². The molecule has 8 nitrogen and oxygen atoms in total. The molecule has 16 heavy (non-hydrogen) atoms. The number of hydrogen-bond donors (Lipinski definition) is 3. The van der Waals surface area contributed by atoms with Gasteiger partial charge in [0.25, 0.3) is 5.91 Å². The first-order chi connectivity index (χ1) is 7.41. The van der Waals surface area contributed by atoms with Gasteiger partial charge in [-0.2, -0.15) is 4.99 Å². The van der Waals surface area contributed by atoms with Crippen molar-refractivity contribution in [2.75, 3.05) is 7.05 Å². The molecule has 1 rings (SSSR count). The number of likely N-dealkylation sites (tertiary alicyclic amines) is 1. The number of nitrogens with zero attached hydrogens (tertiary/aromatic N) is 3. The van der Waals surface area contributed by atoms with Crippen LogP contribution in [0.25, 0.3) is 0 Å². The minimum atomic E-state index is -0.689. The van der Waals surface area contributed by atoms with Crippen molar-refractivity contribution in [3.8, 4) is 0 Å². The first-order valence-electron chi connectivity index (χ1n) is 4.65. The van der Waals surface area contributed by atoms with E-state index in [0.29, 0.717) is 6.42 Å². The molecule has 2 amide bonds. The molecule has 1 aliphatic heterocycles. The number of nitrogens with two attached hydrogens (primary N) is 3. The first-order valence-corrected chi connectivity index (χ1v) is 4.65. The van der Waals surface area contributed by atoms with Crippen LogP contribution < -0.4 is 17.2 Å². The van der Waals surface area contributed by atoms with Crippen LogP contribution in [-0.2, 0) is 9.59 Å². The highest BCUT2D eigenvalue weighted by Gasteiger charge is 2.31. The SMILES string of the molecule is CN1C(=O)CCC(N=C(N)N=C(N)N)C1=O. The molecular weight excluding hydrogens is 212 g/mol. The Bertz CT molecular complexity index is 371. The lowest BCUT2D eigenvalue weighted by molar-refractivity contribution is -0.147. The molecule has 1 atom stereocenters. The van der Waals surface area contributed by atoms with E-state index in [1.807, 2.05) is 0 Å². The molecule has 0 aromatic carbocycles. The monoisotopic (exact) mass is 226 g/mol. The molecule has 1 fully saturated rings. The number of piperidine rings is 1. The highest BCUT2D eigenvalue weighted by atomic mass is 16.2. The maximum absolute atomic E-state index is 11.6. The fraction of sp³-hybridized carbons (Fsp3) is 0.500. The predicted octanol–water partition coefficient (Wildman–Crippen LogP) is -2.28. The molecule has 1 saturated heterocycles. The van der Waals surface area contributed by atoms with Crippen LogP contribution in [0.2, 0.25) is 0 Å². The van der Waals surface area contributed by atoms with E-state index in [2.05, 4.69) is 9.98 Å². The number of rotatable bonds is 1. The standard InChI is InChI=1S/C8H14N6O2/c1-14-5(15)3-2-4(6(14)16)12-8(11)13-7(9)10/h4H,2-3H2,1H3,(H6,9,10,11,12,13). The van der Waals surface area contributed by atoms with E-state index in [-0.39, 0.29) is 24.2 Å². The third kappa shape index (κ3) is 2.69. The Kier molecular flexibility index (Phi) is 3.44. The summed E-state index contributed by atoms with van der Waals surface area (Å²) in [7, 11) is 1.41. The Morgan fingerprint density at radius 1 is 1.38 bits per heavy atom. The van der Waals surface area contributed by atoms with Crippen LogP contribution >= 0.6 is 0 Å². The summed E-state index contributed by atoms with van der Waals surface area (Å²) in [5, 5.41) is 0. The minimum absolute atomic E-state index is 0.166. The Morgan fingerprint density at radius 3 is 2.56 bits per heavy atom. The zero-order valence-electron chi connectivity index (χ0n) is 8.88. The average Bonchev–Trinajstić information content (AvgIpc) is 2.18. The number of carbonyl (C=O) groups is 2. The zero-order valence-corrected chi connectivity index (χ0v) is 8.88. The molecule has 6 N–H and O–H groups in total. The molecule has 8 heteroatoms. The van der Waals surface area contributed by atoms with E-state index in [9.17, 15) is 9.59 Å². The molecule has 1 heterocycles. The Labute approximate surface area is 92.2 Å². The van der Waals surface area contributed by atoms with Crippen molar-refractivity contribution < 1.29 is 9.59 Å². The molecule has 1 unspecified atom stereocenters. The van der Waals surface area contributed by atoms with Gasteiger partial charge in [0.05, 0.1) is 0 Å². The lowest BCUT2D eigenvalue weighted by Crippen LogP contribution is -2.45. The van der Waals surface area contributed by atoms with Crippen molar-refractivity contribution in [1.29, 1.82) is 0 Å². The van der Waals surface area contributed by atoms with Gasteiger partial charge in [0, 0.05) is 13.5 Å². The van der Waals surface area contributed by atoms with Crippen molar-refractivity contribution >= 4 is 23.7 Å². The van der Waals surface area contributed by atoms with Crippen LogP contribution in [0, 0.1) is 0 Å². The number of carbonyl (C=O) groups excluding carboxylic acids is 2. The van der Waals surface area contributed by atoms with Gasteiger partial charge in [0.2, 0.25) is 11.9 Å². The largest absolute Gasteiger partial charge is 0.370 e. The normalized spacial score (nSPS) is 22.2. The van der Waals surface area contributed by atoms with Gasteiger partial charge in [-0.25, -0.2) is 4.99 Å². The minimum Gasteiger partial charge on any atom is -0.370 e. The van der Waals surface area contributed by atoms with Crippen LogP contribution in [0.3, 0.4) is 0 Å². The maximum Gasteiger partial charge on any atom is 0.253 e. The average molecular weight is 226 g/mol. The van der Waals surface area contributed by atoms with E-state index in [1.165, 1.54) is 7.05 Å². The molecule has 0 bridgehead atoms. The van der Waals surface area contributed by atoms with Crippen molar-refractivity contribution in [2.45, 2.75) is 18.9 Å². The summed E-state index contributed by atoms with van der Waals surface area (Å²) >= 11 is 0. The summed E-state index contributed by atoms with van der Waals surface area (Å²) in [6.07, 6.45) is 0.578. The van der Waals surface area contributed by atoms with Crippen molar-refractivity contribution in [1.82, 2.24) is 4.90 Å². The molecule has 0 aliphatic carbocycles. The van der Waals surface area contributed by atoms with Crippen LogP contribution in [0.15, 0.2) is 9.98 Å². The Hall–Kier alpha value is -2.12. The molecule has 0 spiro atoms. The molecule has 88 valence electrons. The van der Waals surface area contributed by atoms with Gasteiger partial charge < -0.3 is 17.2 Å². The second-order valence-corrected chi connectivity index (χ2v) is 3.37. The lowest BCUT2D eigenvalue weighted by atomic mass is 10.1. The summed E-state index contributed by atoms with van der Waals surface area (Å²) in [6.45, 7) is 0. The maximum atomic E-state index is 11.6. The number of imide groups is 1. The third-order valence-corrected chi connectivity index (χ3v) is 2.15. The van der Waals surface area contributed by atoms with E-state index in [1.54, 1.807) is 0 Å². The predicted molar refractivity (Wildman–Crippen MR) is 58.2 cm³/mol. The van der Waals surface area contributed by atoms with Crippen LogP contribution in [0.1, 0.15) is 12.8 Å². The smallest absolute Gasteiger partial charge is 0.253 e. The van der Waals surface area contributed by atoms with Crippen LogP contribution in [-0.4, -0.2) is 41.7 Å². The van der Waals surface area contributed by atoms with E-state index < -0.39 is 11.9 Å². The van der Waals surface area contributed by atoms with Gasteiger partial charge in [-0.05, 0) is 6.42 Å². The van der Waals surface area contributed by atoms with Crippen molar-refractivity contribution in [2.24, 2.45) is 27.2 Å². The van der Waals surface area contributed by atoms with Crippen molar-refractivity contribution in [3.05, 3.63) is 0 Å². The molecule has 1 aliphatic rings. The molecule has 0 saturated carbocycles. The summed E-state index contributed by atoms with van der Waals surface area (Å²) < 4.78 is 0. The third-order valence-electron chi connectivity index (χ3n) is 2.15. The quantitative estimate of drug-likeness (QED) is 0.262. The fourth-order valence-corrected chi connectivity index (χ4v) is 1.34. The van der Waals surface area contributed by atoms with Crippen LogP contribution in [0.4, 0.5) is 0 Å². The number of amides is 2. The van der Waals surface area contributed by atoms with Gasteiger partial charge in [-0.1, -0.05) is 0 Å². The lowest BCUT2D eigenvalue weighted by Gasteiger charge is -2.25. The van der Waals surface area contributed by atoms with Gasteiger partial charge in [0.1, 0.15) is 6.04 Å². The number of likely N-dealkylation sites (N-methyl/N-ethyl adjacent to an activating group) is 1. The summed E-state index contributed by atoms with van der Waals surface area (Å²) in [5.74, 6) is -1.02. The van der Waals surface area contributed by atoms with Gasteiger partial charge in [-0.3, -0.25) is 14.5 Å². The second-order valence-electron chi connectivity index (χ2n) is 3.37.